The SMILES string of the molecule is COC(=O)CCC(=O)N[C@H](C)C(=O)N1CCC[C@@H]1C(=O)N[C@@H](C)C(=O)N[C@@H](CC(C)C)C(=O)CCl. The van der Waals surface area contributed by atoms with Gasteiger partial charge in [0, 0.05) is 13.0 Å². The van der Waals surface area contributed by atoms with Crippen molar-refractivity contribution in [1.82, 2.24) is 20.9 Å². The molecule has 0 aromatic carbocycles. The molecule has 35 heavy (non-hydrogen) atoms. The predicted molar refractivity (Wildman–Crippen MR) is 128 cm³/mol. The number of hydrogen-bond acceptors (Lipinski definition) is 7. The highest BCUT2D eigenvalue weighted by molar-refractivity contribution is 6.28. The molecule has 0 aromatic heterocycles. The molecule has 0 aromatic rings. The molecule has 1 heterocycles. The molecule has 0 unspecified atom stereocenters. The average Bonchev–Trinajstić information content (AvgIpc) is 3.30. The molecule has 1 saturated heterocycles. The van der Waals surface area contributed by atoms with E-state index in [-0.39, 0.29) is 30.4 Å². The van der Waals surface area contributed by atoms with Crippen LogP contribution < -0.4 is 16.0 Å². The first-order valence-corrected chi connectivity index (χ1v) is 12.3. The van der Waals surface area contributed by atoms with Crippen molar-refractivity contribution in [3.8, 4) is 0 Å². The summed E-state index contributed by atoms with van der Waals surface area (Å²) in [6.45, 7) is 7.17. The van der Waals surface area contributed by atoms with Crippen LogP contribution in [-0.2, 0) is 33.5 Å². The Bertz CT molecular complexity index is 805. The smallest absolute Gasteiger partial charge is 0.306 e. The van der Waals surface area contributed by atoms with Crippen LogP contribution in [0.2, 0.25) is 0 Å². The van der Waals surface area contributed by atoms with E-state index >= 15 is 0 Å². The van der Waals surface area contributed by atoms with Gasteiger partial charge in [0.05, 0.1) is 25.5 Å². The van der Waals surface area contributed by atoms with Gasteiger partial charge in [0.25, 0.3) is 0 Å². The number of ketones is 1. The summed E-state index contributed by atoms with van der Waals surface area (Å²) in [5, 5.41) is 7.79. The fourth-order valence-corrected chi connectivity index (χ4v) is 3.94. The van der Waals surface area contributed by atoms with Gasteiger partial charge >= 0.3 is 5.97 Å². The van der Waals surface area contributed by atoms with Crippen molar-refractivity contribution >= 4 is 47.0 Å². The Hall–Kier alpha value is -2.69. The van der Waals surface area contributed by atoms with Crippen LogP contribution in [0.3, 0.4) is 0 Å². The number of amides is 4. The van der Waals surface area contributed by atoms with Gasteiger partial charge < -0.3 is 25.6 Å². The molecule has 1 rings (SSSR count). The summed E-state index contributed by atoms with van der Waals surface area (Å²) in [5.41, 5.74) is 0. The van der Waals surface area contributed by atoms with Crippen molar-refractivity contribution in [2.45, 2.75) is 84.0 Å². The molecule has 1 aliphatic rings. The number of nitrogens with zero attached hydrogens (tertiary/aromatic N) is 1. The quantitative estimate of drug-likeness (QED) is 0.235. The first-order valence-electron chi connectivity index (χ1n) is 11.8. The van der Waals surface area contributed by atoms with E-state index in [4.69, 9.17) is 11.6 Å². The molecule has 3 N–H and O–H groups in total. The van der Waals surface area contributed by atoms with Crippen LogP contribution in [0.25, 0.3) is 0 Å². The first kappa shape index (κ1) is 30.3. The van der Waals surface area contributed by atoms with Gasteiger partial charge in [0.2, 0.25) is 23.6 Å². The zero-order valence-corrected chi connectivity index (χ0v) is 21.8. The molecule has 4 amide bonds. The number of halogens is 1. The number of ether oxygens (including phenoxy) is 1. The Labute approximate surface area is 211 Å². The zero-order valence-electron chi connectivity index (χ0n) is 21.0. The molecule has 12 heteroatoms. The Kier molecular flexibility index (Phi) is 12.7. The fraction of sp³-hybridized carbons (Fsp3) is 0.739. The van der Waals surface area contributed by atoms with E-state index in [1.807, 2.05) is 13.8 Å². The molecule has 11 nitrogen and oxygen atoms in total. The van der Waals surface area contributed by atoms with Crippen molar-refractivity contribution in [3.63, 3.8) is 0 Å². The van der Waals surface area contributed by atoms with E-state index < -0.39 is 53.8 Å². The van der Waals surface area contributed by atoms with Gasteiger partial charge in [-0.05, 0) is 39.0 Å². The van der Waals surface area contributed by atoms with Gasteiger partial charge in [-0.3, -0.25) is 28.8 Å². The lowest BCUT2D eigenvalue weighted by Gasteiger charge is -2.28. The number of carbonyl (C=O) groups is 6. The second-order valence-electron chi connectivity index (χ2n) is 9.08. The van der Waals surface area contributed by atoms with Crippen molar-refractivity contribution in [3.05, 3.63) is 0 Å². The molecule has 0 aliphatic carbocycles. The molecule has 0 spiro atoms. The van der Waals surface area contributed by atoms with Gasteiger partial charge in [-0.2, -0.15) is 0 Å². The first-order chi connectivity index (χ1) is 16.4. The third kappa shape index (κ3) is 9.83. The number of nitrogens with one attached hydrogen (secondary N) is 3. The maximum Gasteiger partial charge on any atom is 0.306 e. The molecule has 1 fully saturated rings. The molecule has 198 valence electrons. The lowest BCUT2D eigenvalue weighted by molar-refractivity contribution is -0.143. The zero-order chi connectivity index (χ0) is 26.7. The minimum absolute atomic E-state index is 0.105. The van der Waals surface area contributed by atoms with Crippen LogP contribution >= 0.6 is 11.6 Å². The van der Waals surface area contributed by atoms with Crippen LogP contribution in [0.5, 0.6) is 0 Å². The van der Waals surface area contributed by atoms with Gasteiger partial charge in [0.15, 0.2) is 5.78 Å². The Balaban J connectivity index is 2.69. The van der Waals surface area contributed by atoms with Crippen molar-refractivity contribution in [1.29, 1.82) is 0 Å². The molecular formula is C23H37ClN4O7. The summed E-state index contributed by atoms with van der Waals surface area (Å²) < 4.78 is 4.49. The summed E-state index contributed by atoms with van der Waals surface area (Å²) in [7, 11) is 1.22. The average molecular weight is 517 g/mol. The fourth-order valence-electron chi connectivity index (χ4n) is 3.75. The number of Topliss-reactive ketones (excluding diaryl/α,β-unsaturated/α-hetero) is 1. The van der Waals surface area contributed by atoms with Crippen LogP contribution in [0.1, 0.15) is 59.8 Å². The minimum Gasteiger partial charge on any atom is -0.469 e. The van der Waals surface area contributed by atoms with Crippen LogP contribution in [0.15, 0.2) is 0 Å². The van der Waals surface area contributed by atoms with E-state index in [9.17, 15) is 28.8 Å². The largest absolute Gasteiger partial charge is 0.469 e. The number of carbonyl (C=O) groups excluding carboxylic acids is 6. The number of likely N-dealkylation sites (tertiary alicyclic amines) is 1. The molecule has 4 atom stereocenters. The van der Waals surface area contributed by atoms with Crippen LogP contribution in [0, 0.1) is 5.92 Å². The topological polar surface area (TPSA) is 151 Å². The number of hydrogen-bond donors (Lipinski definition) is 3. The summed E-state index contributed by atoms with van der Waals surface area (Å²) in [4.78, 5) is 75.0. The van der Waals surface area contributed by atoms with Crippen molar-refractivity contribution < 1.29 is 33.5 Å². The Morgan fingerprint density at radius 2 is 1.63 bits per heavy atom. The highest BCUT2D eigenvalue weighted by atomic mass is 35.5. The van der Waals surface area contributed by atoms with Crippen molar-refractivity contribution in [2.75, 3.05) is 19.5 Å². The molecular weight excluding hydrogens is 480 g/mol. The monoisotopic (exact) mass is 516 g/mol. The second-order valence-corrected chi connectivity index (χ2v) is 9.34. The molecule has 0 radical (unpaired) electrons. The number of esters is 1. The molecule has 1 aliphatic heterocycles. The number of alkyl halides is 1. The normalized spacial score (nSPS) is 17.8. The standard InChI is InChI=1S/C23H37ClN4O7/c1-13(2)11-16(18(29)12-24)27-21(32)14(3)26-22(33)17-7-6-10-28(17)23(34)15(4)25-19(30)8-9-20(31)35-5/h13-17H,6-12H2,1-5H3,(H,25,30)(H,26,33)(H,27,32)/t14-,15+,16-,17+/m0/s1. The molecule has 0 bridgehead atoms. The molecule has 0 saturated carbocycles. The lowest BCUT2D eigenvalue weighted by atomic mass is 10.0. The highest BCUT2D eigenvalue weighted by Crippen LogP contribution is 2.19. The minimum atomic E-state index is -0.937. The van der Waals surface area contributed by atoms with E-state index in [1.54, 1.807) is 0 Å². The maximum atomic E-state index is 12.9. The van der Waals surface area contributed by atoms with Gasteiger partial charge in [0.1, 0.15) is 18.1 Å². The van der Waals surface area contributed by atoms with Crippen molar-refractivity contribution in [2.24, 2.45) is 5.92 Å². The summed E-state index contributed by atoms with van der Waals surface area (Å²) in [6.07, 6.45) is 1.20. The van der Waals surface area contributed by atoms with E-state index in [0.717, 1.165) is 0 Å². The Morgan fingerprint density at radius 1 is 0.971 bits per heavy atom. The van der Waals surface area contributed by atoms with Gasteiger partial charge in [-0.25, -0.2) is 0 Å². The summed E-state index contributed by atoms with van der Waals surface area (Å²) in [6, 6.07) is -3.36. The predicted octanol–water partition coefficient (Wildman–Crippen LogP) is 0.279. The van der Waals surface area contributed by atoms with E-state index in [2.05, 4.69) is 20.7 Å². The number of methoxy groups -OCH3 is 1. The third-order valence-corrected chi connectivity index (χ3v) is 5.93. The second kappa shape index (κ2) is 14.7. The van der Waals surface area contributed by atoms with Gasteiger partial charge in [-0.1, -0.05) is 13.8 Å². The highest BCUT2D eigenvalue weighted by Gasteiger charge is 2.37. The maximum absolute atomic E-state index is 12.9. The van der Waals surface area contributed by atoms with Gasteiger partial charge in [-0.15, -0.1) is 11.6 Å². The van der Waals surface area contributed by atoms with Crippen LogP contribution in [-0.4, -0.2) is 84.0 Å². The summed E-state index contributed by atoms with van der Waals surface area (Å²) in [5.74, 6) is -2.84. The Morgan fingerprint density at radius 3 is 2.20 bits per heavy atom. The van der Waals surface area contributed by atoms with E-state index in [0.29, 0.717) is 25.8 Å². The number of rotatable bonds is 13. The third-order valence-electron chi connectivity index (χ3n) is 5.67. The van der Waals surface area contributed by atoms with Crippen LogP contribution in [0.4, 0.5) is 0 Å². The summed E-state index contributed by atoms with van der Waals surface area (Å²) >= 11 is 5.65. The van der Waals surface area contributed by atoms with E-state index in [1.165, 1.54) is 25.9 Å². The lowest BCUT2D eigenvalue weighted by Crippen LogP contribution is -2.56.